The fraction of sp³-hybridized carbons (Fsp3) is 0.846. The van der Waals surface area contributed by atoms with Gasteiger partial charge in [-0.2, -0.15) is 0 Å². The minimum Gasteiger partial charge on any atom is -0.466 e. The van der Waals surface area contributed by atoms with E-state index in [1.165, 1.54) is 0 Å². The summed E-state index contributed by atoms with van der Waals surface area (Å²) in [4.78, 5) is 21.8. The van der Waals surface area contributed by atoms with Gasteiger partial charge in [0, 0.05) is 13.0 Å². The van der Waals surface area contributed by atoms with Gasteiger partial charge in [-0.15, -0.1) is 0 Å². The molecule has 1 unspecified atom stereocenters. The van der Waals surface area contributed by atoms with Gasteiger partial charge in [-0.25, -0.2) is 0 Å². The molecule has 0 bridgehead atoms. The van der Waals surface area contributed by atoms with Crippen LogP contribution in [0.3, 0.4) is 0 Å². The normalized spacial score (nSPS) is 21.3. The number of aldehydes is 1. The van der Waals surface area contributed by atoms with E-state index in [9.17, 15) is 9.59 Å². The molecule has 0 aromatic rings. The highest BCUT2D eigenvalue weighted by molar-refractivity contribution is 5.70. The Bertz CT molecular complexity index is 248. The van der Waals surface area contributed by atoms with Crippen molar-refractivity contribution in [1.82, 2.24) is 0 Å². The van der Waals surface area contributed by atoms with E-state index in [1.807, 2.05) is 0 Å². The number of esters is 1. The van der Waals surface area contributed by atoms with Gasteiger partial charge < -0.3 is 19.0 Å². The van der Waals surface area contributed by atoms with E-state index in [2.05, 4.69) is 0 Å². The average molecular weight is 258 g/mol. The van der Waals surface area contributed by atoms with E-state index in [-0.39, 0.29) is 24.8 Å². The van der Waals surface area contributed by atoms with Crippen LogP contribution in [0.25, 0.3) is 0 Å². The molecular weight excluding hydrogens is 236 g/mol. The van der Waals surface area contributed by atoms with E-state index < -0.39 is 0 Å². The zero-order valence-corrected chi connectivity index (χ0v) is 10.9. The van der Waals surface area contributed by atoms with Crippen LogP contribution in [0.4, 0.5) is 0 Å². The molecule has 0 N–H and O–H groups in total. The van der Waals surface area contributed by atoms with E-state index in [4.69, 9.17) is 14.2 Å². The summed E-state index contributed by atoms with van der Waals surface area (Å²) in [7, 11) is 0. The smallest absolute Gasteiger partial charge is 0.308 e. The number of ether oxygens (including phenoxy) is 3. The Morgan fingerprint density at radius 1 is 1.50 bits per heavy atom. The summed E-state index contributed by atoms with van der Waals surface area (Å²) in [6, 6.07) is 0. The molecule has 0 spiro atoms. The Kier molecular flexibility index (Phi) is 7.60. The Morgan fingerprint density at radius 3 is 2.94 bits per heavy atom. The van der Waals surface area contributed by atoms with Crippen molar-refractivity contribution in [1.29, 1.82) is 0 Å². The molecule has 2 atom stereocenters. The maximum absolute atomic E-state index is 11.4. The summed E-state index contributed by atoms with van der Waals surface area (Å²) in [5.41, 5.74) is 0. The van der Waals surface area contributed by atoms with Crippen molar-refractivity contribution < 1.29 is 23.8 Å². The Balaban J connectivity index is 2.37. The molecule has 1 saturated heterocycles. The van der Waals surface area contributed by atoms with Crippen LogP contribution in [0.1, 0.15) is 45.4 Å². The average Bonchev–Trinajstić information content (AvgIpc) is 2.37. The first-order valence-corrected chi connectivity index (χ1v) is 6.62. The third kappa shape index (κ3) is 6.12. The van der Waals surface area contributed by atoms with Crippen LogP contribution in [0, 0.1) is 0 Å². The molecule has 5 heteroatoms. The number of rotatable bonds is 8. The third-order valence-corrected chi connectivity index (χ3v) is 2.79. The molecule has 0 saturated carbocycles. The number of carbonyl (C=O) groups is 2. The molecule has 5 nitrogen and oxygen atoms in total. The second-order valence-electron chi connectivity index (χ2n) is 4.31. The van der Waals surface area contributed by atoms with Crippen molar-refractivity contribution in [3.63, 3.8) is 0 Å². The van der Waals surface area contributed by atoms with Crippen LogP contribution < -0.4 is 0 Å². The van der Waals surface area contributed by atoms with Crippen LogP contribution in [-0.2, 0) is 23.8 Å². The Labute approximate surface area is 108 Å². The topological polar surface area (TPSA) is 61.8 Å². The molecule has 1 heterocycles. The lowest BCUT2D eigenvalue weighted by molar-refractivity contribution is -0.194. The van der Waals surface area contributed by atoms with Crippen molar-refractivity contribution in [3.8, 4) is 0 Å². The van der Waals surface area contributed by atoms with Crippen LogP contribution in [0.2, 0.25) is 0 Å². The second kappa shape index (κ2) is 9.05. The van der Waals surface area contributed by atoms with Gasteiger partial charge >= 0.3 is 5.97 Å². The predicted molar refractivity (Wildman–Crippen MR) is 65.0 cm³/mol. The van der Waals surface area contributed by atoms with Crippen molar-refractivity contribution in [2.24, 2.45) is 0 Å². The van der Waals surface area contributed by atoms with Gasteiger partial charge in [-0.3, -0.25) is 4.79 Å². The van der Waals surface area contributed by atoms with Gasteiger partial charge in [-0.05, 0) is 32.6 Å². The van der Waals surface area contributed by atoms with Gasteiger partial charge in [0.25, 0.3) is 0 Å². The molecule has 1 aliphatic heterocycles. The molecule has 0 radical (unpaired) electrons. The lowest BCUT2D eigenvalue weighted by Gasteiger charge is -2.27. The summed E-state index contributed by atoms with van der Waals surface area (Å²) in [5, 5.41) is 0. The van der Waals surface area contributed by atoms with Gasteiger partial charge in [0.15, 0.2) is 6.29 Å². The van der Waals surface area contributed by atoms with Gasteiger partial charge in [0.1, 0.15) is 6.29 Å². The molecule has 1 aliphatic rings. The van der Waals surface area contributed by atoms with E-state index in [0.29, 0.717) is 26.1 Å². The monoisotopic (exact) mass is 258 g/mol. The van der Waals surface area contributed by atoms with Crippen molar-refractivity contribution >= 4 is 12.3 Å². The van der Waals surface area contributed by atoms with Gasteiger partial charge in [0.2, 0.25) is 0 Å². The van der Waals surface area contributed by atoms with E-state index in [0.717, 1.165) is 25.5 Å². The lowest BCUT2D eigenvalue weighted by Crippen LogP contribution is -2.30. The molecule has 104 valence electrons. The summed E-state index contributed by atoms with van der Waals surface area (Å²) in [6.07, 6.45) is 4.37. The maximum atomic E-state index is 11.4. The zero-order chi connectivity index (χ0) is 13.2. The molecule has 0 aromatic carbocycles. The van der Waals surface area contributed by atoms with Gasteiger partial charge in [0.05, 0.1) is 19.1 Å². The molecule has 0 amide bonds. The maximum Gasteiger partial charge on any atom is 0.308 e. The third-order valence-electron chi connectivity index (χ3n) is 2.79. The molecule has 0 aliphatic carbocycles. The first kappa shape index (κ1) is 15.1. The highest BCUT2D eigenvalue weighted by Crippen LogP contribution is 2.18. The predicted octanol–water partition coefficient (Wildman–Crippen LogP) is 1.83. The van der Waals surface area contributed by atoms with Gasteiger partial charge in [-0.1, -0.05) is 0 Å². The second-order valence-corrected chi connectivity index (χ2v) is 4.31. The highest BCUT2D eigenvalue weighted by Gasteiger charge is 2.22. The van der Waals surface area contributed by atoms with Crippen LogP contribution >= 0.6 is 0 Å². The Morgan fingerprint density at radius 2 is 2.33 bits per heavy atom. The van der Waals surface area contributed by atoms with Crippen LogP contribution in [0.5, 0.6) is 0 Å². The first-order valence-electron chi connectivity index (χ1n) is 6.62. The van der Waals surface area contributed by atoms with Crippen LogP contribution in [0.15, 0.2) is 0 Å². The highest BCUT2D eigenvalue weighted by atomic mass is 16.7. The standard InChI is InChI=1S/C13H22O5/c1-2-16-12(15)10-11(6-5-8-14)18-13-7-3-4-9-17-13/h8,11,13H,2-7,9-10H2,1H3/t11-,13?/m1/s1. The molecule has 0 aromatic heterocycles. The van der Waals surface area contributed by atoms with Crippen molar-refractivity contribution in [2.75, 3.05) is 13.2 Å². The largest absolute Gasteiger partial charge is 0.466 e. The minimum atomic E-state index is -0.294. The van der Waals surface area contributed by atoms with E-state index >= 15 is 0 Å². The summed E-state index contributed by atoms with van der Waals surface area (Å²) < 4.78 is 16.1. The number of hydrogen-bond donors (Lipinski definition) is 0. The van der Waals surface area contributed by atoms with E-state index in [1.54, 1.807) is 6.92 Å². The summed E-state index contributed by atoms with van der Waals surface area (Å²) in [5.74, 6) is -0.288. The van der Waals surface area contributed by atoms with Crippen molar-refractivity contribution in [3.05, 3.63) is 0 Å². The molecule has 18 heavy (non-hydrogen) atoms. The first-order chi connectivity index (χ1) is 8.76. The molecular formula is C13H22O5. The fourth-order valence-electron chi connectivity index (χ4n) is 1.91. The molecule has 1 fully saturated rings. The van der Waals surface area contributed by atoms with Crippen molar-refractivity contribution in [2.45, 2.75) is 57.8 Å². The summed E-state index contributed by atoms with van der Waals surface area (Å²) >= 11 is 0. The Hall–Kier alpha value is -0.940. The quantitative estimate of drug-likeness (QED) is 0.491. The lowest BCUT2D eigenvalue weighted by atomic mass is 10.1. The number of hydrogen-bond acceptors (Lipinski definition) is 5. The van der Waals surface area contributed by atoms with Crippen LogP contribution in [-0.4, -0.2) is 37.9 Å². The number of carbonyl (C=O) groups excluding carboxylic acids is 2. The zero-order valence-electron chi connectivity index (χ0n) is 10.9. The minimum absolute atomic E-state index is 0.182. The SMILES string of the molecule is CCOC(=O)C[C@@H](CCC=O)OC1CCCCO1. The summed E-state index contributed by atoms with van der Waals surface area (Å²) in [6.45, 7) is 2.83. The molecule has 1 rings (SSSR count). The fourth-order valence-corrected chi connectivity index (χ4v) is 1.91.